The Morgan fingerprint density at radius 2 is 1.71 bits per heavy atom. The zero-order valence-electron chi connectivity index (χ0n) is 11.0. The van der Waals surface area contributed by atoms with Crippen LogP contribution in [-0.2, 0) is 12.6 Å². The Hall–Kier alpha value is -1.92. The van der Waals surface area contributed by atoms with Gasteiger partial charge in [0.1, 0.15) is 5.82 Å². The van der Waals surface area contributed by atoms with Gasteiger partial charge in [0.25, 0.3) is 0 Å². The monoisotopic (exact) mass is 298 g/mol. The van der Waals surface area contributed by atoms with Crippen LogP contribution in [0.2, 0.25) is 0 Å². The summed E-state index contributed by atoms with van der Waals surface area (Å²) < 4.78 is 50.9. The number of nitrogens with two attached hydrogens (primary N) is 1. The largest absolute Gasteiger partial charge is 0.416 e. The Kier molecular flexibility index (Phi) is 4.59. The molecule has 0 fully saturated rings. The molecular weight excluding hydrogens is 284 g/mol. The molecule has 1 unspecified atom stereocenters. The van der Waals surface area contributed by atoms with Crippen molar-refractivity contribution in [3.63, 3.8) is 0 Å². The molecule has 6 heteroatoms. The summed E-state index contributed by atoms with van der Waals surface area (Å²) >= 11 is 0. The fraction of sp³-hybridized carbons (Fsp3) is 0.200. The van der Waals surface area contributed by atoms with E-state index < -0.39 is 17.8 Å². The zero-order valence-corrected chi connectivity index (χ0v) is 11.0. The molecule has 0 aliphatic rings. The lowest BCUT2D eigenvalue weighted by Crippen LogP contribution is -2.29. The van der Waals surface area contributed by atoms with Gasteiger partial charge in [-0.1, -0.05) is 30.3 Å². The molecule has 2 aromatic carbocycles. The first-order valence-corrected chi connectivity index (χ1v) is 6.28. The second kappa shape index (κ2) is 6.24. The number of benzene rings is 2. The van der Waals surface area contributed by atoms with Gasteiger partial charge in [-0.05, 0) is 35.7 Å². The molecule has 2 nitrogen and oxygen atoms in total. The molecule has 0 saturated carbocycles. The van der Waals surface area contributed by atoms with Gasteiger partial charge in [0.15, 0.2) is 0 Å². The first-order chi connectivity index (χ1) is 9.90. The van der Waals surface area contributed by atoms with E-state index in [1.165, 1.54) is 18.2 Å². The van der Waals surface area contributed by atoms with E-state index in [0.29, 0.717) is 11.1 Å². The third-order valence-electron chi connectivity index (χ3n) is 3.17. The van der Waals surface area contributed by atoms with Gasteiger partial charge in [-0.25, -0.2) is 4.39 Å². The van der Waals surface area contributed by atoms with Crippen molar-refractivity contribution in [1.82, 2.24) is 5.43 Å². The van der Waals surface area contributed by atoms with E-state index in [4.69, 9.17) is 5.84 Å². The summed E-state index contributed by atoms with van der Waals surface area (Å²) in [6.45, 7) is 0. The lowest BCUT2D eigenvalue weighted by molar-refractivity contribution is -0.137. The van der Waals surface area contributed by atoms with Crippen LogP contribution in [0.15, 0.2) is 48.5 Å². The van der Waals surface area contributed by atoms with Crippen molar-refractivity contribution in [1.29, 1.82) is 0 Å². The Bertz CT molecular complexity index is 593. The van der Waals surface area contributed by atoms with Gasteiger partial charge in [0.05, 0.1) is 5.56 Å². The maximum absolute atomic E-state index is 12.9. The lowest BCUT2D eigenvalue weighted by Gasteiger charge is -2.17. The van der Waals surface area contributed by atoms with Crippen LogP contribution in [0.25, 0.3) is 0 Å². The van der Waals surface area contributed by atoms with Crippen molar-refractivity contribution in [3.8, 4) is 0 Å². The molecule has 0 aliphatic heterocycles. The Morgan fingerprint density at radius 3 is 2.29 bits per heavy atom. The van der Waals surface area contributed by atoms with Crippen LogP contribution in [-0.4, -0.2) is 0 Å². The summed E-state index contributed by atoms with van der Waals surface area (Å²) in [5, 5.41) is 0. The van der Waals surface area contributed by atoms with Crippen molar-refractivity contribution in [2.45, 2.75) is 18.6 Å². The summed E-state index contributed by atoms with van der Waals surface area (Å²) in [7, 11) is 0. The number of nitrogens with one attached hydrogen (secondary N) is 1. The minimum Gasteiger partial charge on any atom is -0.271 e. The Labute approximate surface area is 119 Å². The van der Waals surface area contributed by atoms with Crippen LogP contribution in [0.1, 0.15) is 22.7 Å². The topological polar surface area (TPSA) is 38.0 Å². The van der Waals surface area contributed by atoms with Crippen LogP contribution in [0, 0.1) is 5.82 Å². The first kappa shape index (κ1) is 15.5. The van der Waals surface area contributed by atoms with Crippen molar-refractivity contribution in [2.24, 2.45) is 5.84 Å². The van der Waals surface area contributed by atoms with Gasteiger partial charge < -0.3 is 0 Å². The van der Waals surface area contributed by atoms with Crippen molar-refractivity contribution in [3.05, 3.63) is 71.0 Å². The fourth-order valence-corrected chi connectivity index (χ4v) is 2.08. The highest BCUT2D eigenvalue weighted by Crippen LogP contribution is 2.30. The minimum atomic E-state index is -4.38. The molecule has 2 rings (SSSR count). The highest BCUT2D eigenvalue weighted by atomic mass is 19.4. The quantitative estimate of drug-likeness (QED) is 0.514. The lowest BCUT2D eigenvalue weighted by atomic mass is 9.98. The van der Waals surface area contributed by atoms with Crippen molar-refractivity contribution < 1.29 is 17.6 Å². The molecule has 0 bridgehead atoms. The van der Waals surface area contributed by atoms with Gasteiger partial charge in [-0.2, -0.15) is 13.2 Å². The molecular formula is C15H14F4N2. The van der Waals surface area contributed by atoms with Crippen LogP contribution >= 0.6 is 0 Å². The van der Waals surface area contributed by atoms with Crippen LogP contribution in [0.5, 0.6) is 0 Å². The van der Waals surface area contributed by atoms with E-state index in [-0.39, 0.29) is 12.2 Å². The molecule has 0 saturated heterocycles. The molecule has 3 N–H and O–H groups in total. The zero-order chi connectivity index (χ0) is 15.5. The van der Waals surface area contributed by atoms with E-state index in [0.717, 1.165) is 12.1 Å². The molecule has 2 aromatic rings. The number of halogens is 4. The smallest absolute Gasteiger partial charge is 0.271 e. The van der Waals surface area contributed by atoms with Crippen molar-refractivity contribution >= 4 is 0 Å². The van der Waals surface area contributed by atoms with Gasteiger partial charge in [-0.3, -0.25) is 11.3 Å². The summed E-state index contributed by atoms with van der Waals surface area (Å²) in [6.07, 6.45) is -4.11. The van der Waals surface area contributed by atoms with Gasteiger partial charge in [0, 0.05) is 6.04 Å². The number of hydrogen-bond acceptors (Lipinski definition) is 2. The first-order valence-electron chi connectivity index (χ1n) is 6.28. The van der Waals surface area contributed by atoms with E-state index >= 15 is 0 Å². The van der Waals surface area contributed by atoms with E-state index in [2.05, 4.69) is 5.43 Å². The number of alkyl halides is 3. The minimum absolute atomic E-state index is 0.270. The van der Waals surface area contributed by atoms with E-state index in [1.54, 1.807) is 18.2 Å². The third kappa shape index (κ3) is 4.03. The normalized spacial score (nSPS) is 13.2. The summed E-state index contributed by atoms with van der Waals surface area (Å²) in [5.41, 5.74) is 3.04. The Morgan fingerprint density at radius 1 is 1.05 bits per heavy atom. The molecule has 112 valence electrons. The highest BCUT2D eigenvalue weighted by Gasteiger charge is 2.30. The maximum atomic E-state index is 12.9. The summed E-state index contributed by atoms with van der Waals surface area (Å²) in [6, 6.07) is 10.3. The summed E-state index contributed by atoms with van der Waals surface area (Å²) in [5.74, 6) is 5.07. The predicted octanol–water partition coefficient (Wildman–Crippen LogP) is 3.59. The molecule has 0 heterocycles. The second-order valence-corrected chi connectivity index (χ2v) is 4.67. The predicted molar refractivity (Wildman–Crippen MR) is 71.6 cm³/mol. The number of hydrazine groups is 1. The number of rotatable bonds is 4. The molecule has 0 amide bonds. The highest BCUT2D eigenvalue weighted by molar-refractivity contribution is 5.28. The van der Waals surface area contributed by atoms with Gasteiger partial charge in [-0.15, -0.1) is 0 Å². The molecule has 0 aliphatic carbocycles. The fourth-order valence-electron chi connectivity index (χ4n) is 2.08. The maximum Gasteiger partial charge on any atom is 0.416 e. The Balaban J connectivity index is 2.21. The number of hydrogen-bond donors (Lipinski definition) is 2. The van der Waals surface area contributed by atoms with Gasteiger partial charge >= 0.3 is 6.18 Å². The average molecular weight is 298 g/mol. The summed E-state index contributed by atoms with van der Waals surface area (Å²) in [4.78, 5) is 0. The van der Waals surface area contributed by atoms with Crippen molar-refractivity contribution in [2.75, 3.05) is 0 Å². The second-order valence-electron chi connectivity index (χ2n) is 4.67. The average Bonchev–Trinajstić information content (AvgIpc) is 2.45. The van der Waals surface area contributed by atoms with Crippen LogP contribution in [0.3, 0.4) is 0 Å². The standard InChI is InChI=1S/C15H14F4N2/c16-13-6-4-11(5-7-13)14(21-20)9-10-2-1-3-12(8-10)15(17,18)19/h1-8,14,21H,9,20H2. The molecule has 0 radical (unpaired) electrons. The van der Waals surface area contributed by atoms with E-state index in [9.17, 15) is 17.6 Å². The molecule has 0 aromatic heterocycles. The molecule has 1 atom stereocenters. The van der Waals surface area contributed by atoms with Gasteiger partial charge in [0.2, 0.25) is 0 Å². The SMILES string of the molecule is NNC(Cc1cccc(C(F)(F)F)c1)c1ccc(F)cc1. The van der Waals surface area contributed by atoms with E-state index in [1.807, 2.05) is 0 Å². The van der Waals surface area contributed by atoms with Crippen LogP contribution in [0.4, 0.5) is 17.6 Å². The third-order valence-corrected chi connectivity index (χ3v) is 3.17. The molecule has 21 heavy (non-hydrogen) atoms. The van der Waals surface area contributed by atoms with Crippen LogP contribution < -0.4 is 11.3 Å². The molecule has 0 spiro atoms.